The van der Waals surface area contributed by atoms with Gasteiger partial charge in [0.2, 0.25) is 0 Å². The number of aromatic nitrogens is 2. The highest BCUT2D eigenvalue weighted by Crippen LogP contribution is 2.34. The van der Waals surface area contributed by atoms with Crippen LogP contribution in [0.25, 0.3) is 11.0 Å². The highest BCUT2D eigenvalue weighted by molar-refractivity contribution is 5.81. The number of anilines is 2. The molecule has 3 aliphatic rings. The molecule has 0 aliphatic carbocycles. The summed E-state index contributed by atoms with van der Waals surface area (Å²) >= 11 is 0. The lowest BCUT2D eigenvalue weighted by atomic mass is 9.90. The number of piperidine rings is 1. The molecule has 4 heterocycles. The van der Waals surface area contributed by atoms with Gasteiger partial charge in [0.25, 0.3) is 0 Å². The van der Waals surface area contributed by atoms with Gasteiger partial charge < -0.3 is 19.3 Å². The molecule has 0 saturated carbocycles. The molecular weight excluding hydrogens is 340 g/mol. The van der Waals surface area contributed by atoms with Crippen molar-refractivity contribution in [2.24, 2.45) is 5.92 Å². The number of ether oxygens (including phenoxy) is 2. The average molecular weight is 368 g/mol. The van der Waals surface area contributed by atoms with Gasteiger partial charge in [0, 0.05) is 32.8 Å². The second-order valence-corrected chi connectivity index (χ2v) is 7.83. The van der Waals surface area contributed by atoms with Crippen molar-refractivity contribution in [3.05, 3.63) is 24.3 Å². The van der Waals surface area contributed by atoms with Gasteiger partial charge in [-0.2, -0.15) is 0 Å². The van der Waals surface area contributed by atoms with Crippen LogP contribution in [0.5, 0.6) is 0 Å². The highest BCUT2D eigenvalue weighted by atomic mass is 16.5. The predicted molar refractivity (Wildman–Crippen MR) is 106 cm³/mol. The van der Waals surface area contributed by atoms with Gasteiger partial charge in [0.05, 0.1) is 30.4 Å². The van der Waals surface area contributed by atoms with E-state index in [1.807, 2.05) is 12.1 Å². The quantitative estimate of drug-likeness (QED) is 0.830. The molecule has 0 amide bonds. The van der Waals surface area contributed by atoms with Crippen molar-refractivity contribution in [3.63, 3.8) is 0 Å². The lowest BCUT2D eigenvalue weighted by molar-refractivity contribution is 0.0531. The third kappa shape index (κ3) is 3.48. The van der Waals surface area contributed by atoms with Gasteiger partial charge in [-0.3, -0.25) is 0 Å². The molecule has 3 fully saturated rings. The smallest absolute Gasteiger partial charge is 0.172 e. The van der Waals surface area contributed by atoms with Crippen LogP contribution in [-0.4, -0.2) is 62.1 Å². The zero-order chi connectivity index (χ0) is 18.1. The number of morpholine rings is 1. The second kappa shape index (κ2) is 7.60. The Kier molecular flexibility index (Phi) is 4.84. The van der Waals surface area contributed by atoms with E-state index < -0.39 is 0 Å². The van der Waals surface area contributed by atoms with Crippen LogP contribution in [0.4, 0.5) is 11.6 Å². The van der Waals surface area contributed by atoms with Gasteiger partial charge >= 0.3 is 0 Å². The lowest BCUT2D eigenvalue weighted by Crippen LogP contribution is -2.41. The summed E-state index contributed by atoms with van der Waals surface area (Å²) in [4.78, 5) is 14.8. The average Bonchev–Trinajstić information content (AvgIpc) is 3.28. The summed E-state index contributed by atoms with van der Waals surface area (Å²) in [5.74, 6) is 2.76. The Labute approximate surface area is 160 Å². The van der Waals surface area contributed by atoms with Crippen LogP contribution in [0.1, 0.15) is 25.7 Å². The Morgan fingerprint density at radius 3 is 2.00 bits per heavy atom. The SMILES string of the molecule is c1ccc2nc(N3CCC(C4CCCO4)CC3)c(N3CCOCC3)nc2c1. The number of hydrogen-bond donors (Lipinski definition) is 0. The van der Waals surface area contributed by atoms with Crippen LogP contribution >= 0.6 is 0 Å². The predicted octanol–water partition coefficient (Wildman–Crippen LogP) is 2.86. The molecule has 5 rings (SSSR count). The van der Waals surface area contributed by atoms with E-state index >= 15 is 0 Å². The van der Waals surface area contributed by atoms with E-state index in [9.17, 15) is 0 Å². The zero-order valence-corrected chi connectivity index (χ0v) is 15.8. The molecule has 1 atom stereocenters. The van der Waals surface area contributed by atoms with E-state index in [4.69, 9.17) is 19.4 Å². The van der Waals surface area contributed by atoms with Gasteiger partial charge in [-0.05, 0) is 43.7 Å². The minimum absolute atomic E-state index is 0.480. The first kappa shape index (κ1) is 17.2. The molecule has 0 spiro atoms. The number of hydrogen-bond acceptors (Lipinski definition) is 6. The van der Waals surface area contributed by atoms with Crippen molar-refractivity contribution >= 4 is 22.7 Å². The highest BCUT2D eigenvalue weighted by Gasteiger charge is 2.31. The van der Waals surface area contributed by atoms with E-state index in [0.717, 1.165) is 68.7 Å². The third-order valence-corrected chi connectivity index (χ3v) is 6.17. The summed E-state index contributed by atoms with van der Waals surface area (Å²) in [6.45, 7) is 6.30. The molecule has 6 heteroatoms. The first-order valence-electron chi connectivity index (χ1n) is 10.3. The van der Waals surface area contributed by atoms with Crippen LogP contribution in [0.2, 0.25) is 0 Å². The fraction of sp³-hybridized carbons (Fsp3) is 0.619. The molecule has 0 bridgehead atoms. The number of benzene rings is 1. The fourth-order valence-electron chi connectivity index (χ4n) is 4.64. The molecule has 1 aromatic carbocycles. The van der Waals surface area contributed by atoms with Crippen LogP contribution in [0.3, 0.4) is 0 Å². The molecule has 6 nitrogen and oxygen atoms in total. The number of fused-ring (bicyclic) bond motifs is 1. The Bertz CT molecular complexity index is 779. The van der Waals surface area contributed by atoms with Gasteiger partial charge in [-0.25, -0.2) is 9.97 Å². The maximum atomic E-state index is 5.94. The first-order valence-corrected chi connectivity index (χ1v) is 10.3. The van der Waals surface area contributed by atoms with Gasteiger partial charge in [-0.1, -0.05) is 12.1 Å². The fourth-order valence-corrected chi connectivity index (χ4v) is 4.64. The van der Waals surface area contributed by atoms with E-state index in [-0.39, 0.29) is 0 Å². The molecule has 2 aromatic rings. The Hall–Kier alpha value is -1.92. The maximum absolute atomic E-state index is 5.94. The van der Waals surface area contributed by atoms with E-state index in [2.05, 4.69) is 21.9 Å². The minimum atomic E-state index is 0.480. The molecule has 1 aromatic heterocycles. The summed E-state index contributed by atoms with van der Waals surface area (Å²) in [6, 6.07) is 8.19. The summed E-state index contributed by atoms with van der Waals surface area (Å²) in [5.41, 5.74) is 1.95. The van der Waals surface area contributed by atoms with Gasteiger partial charge in [0.1, 0.15) is 0 Å². The summed E-state index contributed by atoms with van der Waals surface area (Å²) in [7, 11) is 0. The van der Waals surface area contributed by atoms with Crippen molar-refractivity contribution in [3.8, 4) is 0 Å². The van der Waals surface area contributed by atoms with Crippen LogP contribution in [-0.2, 0) is 9.47 Å². The molecular formula is C21H28N4O2. The van der Waals surface area contributed by atoms with Crippen LogP contribution in [0, 0.1) is 5.92 Å². The molecule has 1 unspecified atom stereocenters. The number of nitrogens with zero attached hydrogens (tertiary/aromatic N) is 4. The van der Waals surface area contributed by atoms with Crippen LogP contribution in [0.15, 0.2) is 24.3 Å². The minimum Gasteiger partial charge on any atom is -0.378 e. The number of para-hydroxylation sites is 2. The van der Waals surface area contributed by atoms with Crippen molar-refractivity contribution in [1.82, 2.24) is 9.97 Å². The van der Waals surface area contributed by atoms with Gasteiger partial charge in [-0.15, -0.1) is 0 Å². The normalized spacial score (nSPS) is 24.7. The Balaban J connectivity index is 1.42. The van der Waals surface area contributed by atoms with Gasteiger partial charge in [0.15, 0.2) is 11.6 Å². The zero-order valence-electron chi connectivity index (χ0n) is 15.8. The summed E-state index contributed by atoms with van der Waals surface area (Å²) in [5, 5.41) is 0. The Morgan fingerprint density at radius 1 is 0.778 bits per heavy atom. The second-order valence-electron chi connectivity index (χ2n) is 7.83. The lowest BCUT2D eigenvalue weighted by Gasteiger charge is -2.37. The molecule has 27 heavy (non-hydrogen) atoms. The monoisotopic (exact) mass is 368 g/mol. The first-order chi connectivity index (χ1) is 13.4. The van der Waals surface area contributed by atoms with E-state index in [1.54, 1.807) is 0 Å². The number of rotatable bonds is 3. The van der Waals surface area contributed by atoms with Crippen molar-refractivity contribution < 1.29 is 9.47 Å². The summed E-state index contributed by atoms with van der Waals surface area (Å²) < 4.78 is 11.5. The largest absolute Gasteiger partial charge is 0.378 e. The van der Waals surface area contributed by atoms with E-state index in [1.165, 1.54) is 25.7 Å². The maximum Gasteiger partial charge on any atom is 0.172 e. The topological polar surface area (TPSA) is 50.7 Å². The molecule has 3 aliphatic heterocycles. The molecule has 144 valence electrons. The summed E-state index contributed by atoms with van der Waals surface area (Å²) in [6.07, 6.45) is 5.30. The van der Waals surface area contributed by atoms with Crippen molar-refractivity contribution in [1.29, 1.82) is 0 Å². The van der Waals surface area contributed by atoms with Crippen LogP contribution < -0.4 is 9.80 Å². The van der Waals surface area contributed by atoms with Crippen molar-refractivity contribution in [2.75, 3.05) is 55.8 Å². The molecule has 3 saturated heterocycles. The molecule has 0 radical (unpaired) electrons. The van der Waals surface area contributed by atoms with E-state index in [0.29, 0.717) is 12.0 Å². The Morgan fingerprint density at radius 2 is 1.41 bits per heavy atom. The third-order valence-electron chi connectivity index (χ3n) is 6.17. The molecule has 0 N–H and O–H groups in total. The van der Waals surface area contributed by atoms with Crippen molar-refractivity contribution in [2.45, 2.75) is 31.8 Å². The standard InChI is InChI=1S/C21H28N4O2/c1-2-5-18-17(4-1)22-20(21(23-18)25-11-14-26-15-12-25)24-9-7-16(8-10-24)19-6-3-13-27-19/h1-2,4-5,16,19H,3,6-15H2.